The Morgan fingerprint density at radius 2 is 1.67 bits per heavy atom. The first-order valence-corrected chi connectivity index (χ1v) is 7.78. The van der Waals surface area contributed by atoms with Crippen molar-refractivity contribution in [3.8, 4) is 0 Å². The van der Waals surface area contributed by atoms with Gasteiger partial charge < -0.3 is 0 Å². The van der Waals surface area contributed by atoms with E-state index in [9.17, 15) is 0 Å². The minimum absolute atomic E-state index is 0.675. The molecular formula is C17H25Cl. The summed E-state index contributed by atoms with van der Waals surface area (Å²) in [6, 6.07) is 4.62. The van der Waals surface area contributed by atoms with Crippen molar-refractivity contribution in [3.63, 3.8) is 0 Å². The van der Waals surface area contributed by atoms with Gasteiger partial charge in [0.1, 0.15) is 0 Å². The van der Waals surface area contributed by atoms with Crippen LogP contribution in [0.25, 0.3) is 0 Å². The van der Waals surface area contributed by atoms with Crippen LogP contribution in [0.1, 0.15) is 47.9 Å². The van der Waals surface area contributed by atoms with Crippen molar-refractivity contribution in [2.45, 2.75) is 52.9 Å². The van der Waals surface area contributed by atoms with Crippen LogP contribution in [-0.4, -0.2) is 5.88 Å². The van der Waals surface area contributed by atoms with Gasteiger partial charge in [0.05, 0.1) is 0 Å². The van der Waals surface area contributed by atoms with Crippen molar-refractivity contribution < 1.29 is 0 Å². The predicted octanol–water partition coefficient (Wildman–Crippen LogP) is 5.20. The summed E-state index contributed by atoms with van der Waals surface area (Å²) < 4.78 is 0. The Hall–Kier alpha value is -0.490. The van der Waals surface area contributed by atoms with E-state index >= 15 is 0 Å². The highest BCUT2D eigenvalue weighted by molar-refractivity contribution is 6.18. The van der Waals surface area contributed by atoms with Crippen LogP contribution >= 0.6 is 11.6 Å². The molecular weight excluding hydrogens is 240 g/mol. The Kier molecular flexibility index (Phi) is 4.72. The number of hydrogen-bond acceptors (Lipinski definition) is 0. The summed E-state index contributed by atoms with van der Waals surface area (Å²) in [4.78, 5) is 0. The summed E-state index contributed by atoms with van der Waals surface area (Å²) in [6.07, 6.45) is 6.77. The van der Waals surface area contributed by atoms with Gasteiger partial charge in [-0.05, 0) is 55.7 Å². The van der Waals surface area contributed by atoms with Crippen molar-refractivity contribution in [2.24, 2.45) is 11.8 Å². The molecule has 1 atom stereocenters. The van der Waals surface area contributed by atoms with E-state index in [1.54, 1.807) is 0 Å². The number of benzene rings is 1. The lowest BCUT2D eigenvalue weighted by atomic mass is 9.84. The number of aryl methyl sites for hydroxylation is 3. The van der Waals surface area contributed by atoms with E-state index in [0.717, 1.165) is 11.8 Å². The predicted molar refractivity (Wildman–Crippen MR) is 80.5 cm³/mol. The lowest BCUT2D eigenvalue weighted by molar-refractivity contribution is 0.368. The average molecular weight is 265 g/mol. The highest BCUT2D eigenvalue weighted by Gasteiger charge is 2.25. The normalized spacial score (nSPS) is 18.2. The zero-order chi connectivity index (χ0) is 13.1. The monoisotopic (exact) mass is 264 g/mol. The fourth-order valence-corrected chi connectivity index (χ4v) is 3.93. The fourth-order valence-electron chi connectivity index (χ4n) is 3.57. The lowest BCUT2D eigenvalue weighted by Gasteiger charge is -2.23. The van der Waals surface area contributed by atoms with Gasteiger partial charge in [-0.1, -0.05) is 43.4 Å². The van der Waals surface area contributed by atoms with Crippen molar-refractivity contribution in [3.05, 3.63) is 34.4 Å². The highest BCUT2D eigenvalue weighted by Crippen LogP contribution is 2.35. The maximum atomic E-state index is 6.23. The van der Waals surface area contributed by atoms with Gasteiger partial charge in [-0.15, -0.1) is 11.6 Å². The van der Waals surface area contributed by atoms with Crippen molar-refractivity contribution in [2.75, 3.05) is 5.88 Å². The Balaban J connectivity index is 2.16. The van der Waals surface area contributed by atoms with E-state index in [0.29, 0.717) is 5.92 Å². The Labute approximate surface area is 117 Å². The molecule has 1 aromatic rings. The first kappa shape index (κ1) is 13.9. The Morgan fingerprint density at radius 1 is 1.11 bits per heavy atom. The van der Waals surface area contributed by atoms with Crippen LogP contribution in [0.15, 0.2) is 12.1 Å². The van der Waals surface area contributed by atoms with Gasteiger partial charge in [0.25, 0.3) is 0 Å². The summed E-state index contributed by atoms with van der Waals surface area (Å²) in [5.74, 6) is 2.36. The van der Waals surface area contributed by atoms with Crippen molar-refractivity contribution in [1.82, 2.24) is 0 Å². The molecule has 0 aromatic heterocycles. The van der Waals surface area contributed by atoms with E-state index in [4.69, 9.17) is 11.6 Å². The Morgan fingerprint density at radius 3 is 2.17 bits per heavy atom. The van der Waals surface area contributed by atoms with Gasteiger partial charge in [-0.3, -0.25) is 0 Å². The topological polar surface area (TPSA) is 0 Å². The van der Waals surface area contributed by atoms with Crippen molar-refractivity contribution in [1.29, 1.82) is 0 Å². The molecule has 0 N–H and O–H groups in total. The molecule has 0 amide bonds. The van der Waals surface area contributed by atoms with Crippen LogP contribution < -0.4 is 0 Å². The molecule has 0 radical (unpaired) electrons. The molecule has 0 nitrogen and oxygen atoms in total. The third-order valence-corrected chi connectivity index (χ3v) is 4.97. The molecule has 0 bridgehead atoms. The van der Waals surface area contributed by atoms with E-state index in [-0.39, 0.29) is 0 Å². The van der Waals surface area contributed by atoms with Gasteiger partial charge >= 0.3 is 0 Å². The summed E-state index contributed by atoms with van der Waals surface area (Å²) in [5, 5.41) is 0. The largest absolute Gasteiger partial charge is 0.126 e. The van der Waals surface area contributed by atoms with E-state index in [1.807, 2.05) is 0 Å². The van der Waals surface area contributed by atoms with Crippen LogP contribution in [0.4, 0.5) is 0 Å². The summed E-state index contributed by atoms with van der Waals surface area (Å²) >= 11 is 6.23. The smallest absolute Gasteiger partial charge is 0.0257 e. The van der Waals surface area contributed by atoms with Gasteiger partial charge in [-0.2, -0.15) is 0 Å². The SMILES string of the molecule is Cc1cc(C)c(CC(CCl)C2CCCC2)c(C)c1. The first-order chi connectivity index (χ1) is 8.61. The van der Waals surface area contributed by atoms with Crippen LogP contribution in [0.5, 0.6) is 0 Å². The molecule has 0 spiro atoms. The molecule has 0 heterocycles. The molecule has 0 aliphatic heterocycles. The molecule has 2 rings (SSSR count). The highest BCUT2D eigenvalue weighted by atomic mass is 35.5. The molecule has 1 saturated carbocycles. The number of hydrogen-bond donors (Lipinski definition) is 0. The molecule has 1 heteroatoms. The third kappa shape index (κ3) is 3.09. The van der Waals surface area contributed by atoms with E-state index in [2.05, 4.69) is 32.9 Å². The van der Waals surface area contributed by atoms with Crippen molar-refractivity contribution >= 4 is 11.6 Å². The molecule has 1 unspecified atom stereocenters. The first-order valence-electron chi connectivity index (χ1n) is 7.24. The Bertz CT molecular complexity index is 379. The third-order valence-electron chi connectivity index (χ3n) is 4.57. The number of alkyl halides is 1. The molecule has 1 aromatic carbocycles. The minimum atomic E-state index is 0.675. The van der Waals surface area contributed by atoms with Crippen LogP contribution in [0.2, 0.25) is 0 Å². The standard InChI is InChI=1S/C17H25Cl/c1-12-8-13(2)17(14(3)9-12)10-16(11-18)15-6-4-5-7-15/h8-9,15-16H,4-7,10-11H2,1-3H3. The van der Waals surface area contributed by atoms with E-state index < -0.39 is 0 Å². The molecule has 1 aliphatic carbocycles. The summed E-state index contributed by atoms with van der Waals surface area (Å²) in [6.45, 7) is 6.67. The minimum Gasteiger partial charge on any atom is -0.126 e. The van der Waals surface area contributed by atoms with E-state index in [1.165, 1.54) is 54.4 Å². The second-order valence-electron chi connectivity index (χ2n) is 6.04. The zero-order valence-electron chi connectivity index (χ0n) is 11.9. The molecule has 1 aliphatic rings. The fraction of sp³-hybridized carbons (Fsp3) is 0.647. The molecule has 0 saturated heterocycles. The second-order valence-corrected chi connectivity index (χ2v) is 6.35. The van der Waals surface area contributed by atoms with Gasteiger partial charge in [0, 0.05) is 5.88 Å². The maximum absolute atomic E-state index is 6.23. The average Bonchev–Trinajstić information content (AvgIpc) is 2.81. The van der Waals surface area contributed by atoms with Crippen LogP contribution in [-0.2, 0) is 6.42 Å². The number of rotatable bonds is 4. The summed E-state index contributed by atoms with van der Waals surface area (Å²) in [7, 11) is 0. The molecule has 18 heavy (non-hydrogen) atoms. The molecule has 100 valence electrons. The van der Waals surface area contributed by atoms with Gasteiger partial charge in [-0.25, -0.2) is 0 Å². The van der Waals surface area contributed by atoms with Crippen LogP contribution in [0, 0.1) is 32.6 Å². The zero-order valence-corrected chi connectivity index (χ0v) is 12.7. The summed E-state index contributed by atoms with van der Waals surface area (Å²) in [5.41, 5.74) is 5.80. The van der Waals surface area contributed by atoms with Gasteiger partial charge in [0.2, 0.25) is 0 Å². The van der Waals surface area contributed by atoms with Crippen LogP contribution in [0.3, 0.4) is 0 Å². The maximum Gasteiger partial charge on any atom is 0.0257 e. The lowest BCUT2D eigenvalue weighted by Crippen LogP contribution is -2.17. The molecule has 1 fully saturated rings. The second kappa shape index (κ2) is 6.10. The quantitative estimate of drug-likeness (QED) is 0.656. The number of halogens is 1. The van der Waals surface area contributed by atoms with Gasteiger partial charge in [0.15, 0.2) is 0 Å².